The first kappa shape index (κ1) is 27.5. The zero-order valence-corrected chi connectivity index (χ0v) is 19.1. The number of aliphatic carboxylic acids is 1. The molecule has 0 saturated carbocycles. The Morgan fingerprint density at radius 1 is 0.679 bits per heavy atom. The third-order valence-corrected chi connectivity index (χ3v) is 6.02. The fraction of sp³-hybridized carbons (Fsp3) is 0.913. The number of carboxylic acid groups (broad SMARTS) is 1. The minimum Gasteiger partial charge on any atom is -0.481 e. The van der Waals surface area contributed by atoms with Crippen LogP contribution in [-0.4, -0.2) is 34.9 Å². The molecule has 28 heavy (non-hydrogen) atoms. The molecular formula is C23H45NO3S. The van der Waals surface area contributed by atoms with E-state index in [1.165, 1.54) is 77.0 Å². The van der Waals surface area contributed by atoms with Crippen LogP contribution < -0.4 is 5.73 Å². The first-order valence-corrected chi connectivity index (χ1v) is 13.0. The molecule has 0 bridgehead atoms. The number of carbonyl (C=O) groups is 2. The summed E-state index contributed by atoms with van der Waals surface area (Å²) < 4.78 is 0. The van der Waals surface area contributed by atoms with Crippen molar-refractivity contribution < 1.29 is 14.7 Å². The molecule has 4 nitrogen and oxygen atoms in total. The van der Waals surface area contributed by atoms with E-state index in [1.807, 2.05) is 6.26 Å². The van der Waals surface area contributed by atoms with Gasteiger partial charge in [-0.05, 0) is 19.1 Å². The molecule has 1 unspecified atom stereocenters. The van der Waals surface area contributed by atoms with E-state index in [2.05, 4.69) is 0 Å². The average molecular weight is 416 g/mol. The van der Waals surface area contributed by atoms with E-state index in [9.17, 15) is 9.59 Å². The first-order valence-electron chi connectivity index (χ1n) is 11.6. The Balaban J connectivity index is 3.14. The van der Waals surface area contributed by atoms with Gasteiger partial charge in [0.2, 0.25) is 0 Å². The van der Waals surface area contributed by atoms with Crippen molar-refractivity contribution in [3.05, 3.63) is 0 Å². The molecule has 0 aromatic carbocycles. The highest BCUT2D eigenvalue weighted by Crippen LogP contribution is 2.14. The van der Waals surface area contributed by atoms with Gasteiger partial charge < -0.3 is 10.8 Å². The molecular weight excluding hydrogens is 370 g/mol. The smallest absolute Gasteiger partial charge is 0.303 e. The van der Waals surface area contributed by atoms with E-state index >= 15 is 0 Å². The van der Waals surface area contributed by atoms with E-state index in [-0.39, 0.29) is 11.8 Å². The summed E-state index contributed by atoms with van der Waals surface area (Å²) >= 11 is 1.64. The third-order valence-electron chi connectivity index (χ3n) is 5.32. The Morgan fingerprint density at radius 2 is 1.00 bits per heavy atom. The van der Waals surface area contributed by atoms with E-state index < -0.39 is 5.97 Å². The van der Waals surface area contributed by atoms with Crippen LogP contribution in [-0.2, 0) is 9.59 Å². The first-order chi connectivity index (χ1) is 13.6. The van der Waals surface area contributed by atoms with Crippen molar-refractivity contribution in [2.75, 3.05) is 12.0 Å². The lowest BCUT2D eigenvalue weighted by atomic mass is 10.0. The van der Waals surface area contributed by atoms with Crippen molar-refractivity contribution in [1.29, 1.82) is 0 Å². The second kappa shape index (κ2) is 21.2. The molecule has 0 amide bonds. The third kappa shape index (κ3) is 20.2. The highest BCUT2D eigenvalue weighted by Gasteiger charge is 2.11. The van der Waals surface area contributed by atoms with E-state index in [0.717, 1.165) is 31.4 Å². The Hall–Kier alpha value is -0.550. The zero-order chi connectivity index (χ0) is 20.9. The lowest BCUT2D eigenvalue weighted by molar-refractivity contribution is -0.137. The molecule has 0 aliphatic carbocycles. The van der Waals surface area contributed by atoms with E-state index in [1.54, 1.807) is 11.8 Å². The molecule has 0 aliphatic rings. The minimum atomic E-state index is -0.668. The number of thioether (sulfide) groups is 1. The molecule has 0 fully saturated rings. The van der Waals surface area contributed by atoms with Gasteiger partial charge in [-0.2, -0.15) is 11.8 Å². The van der Waals surface area contributed by atoms with Gasteiger partial charge in [-0.15, -0.1) is 0 Å². The summed E-state index contributed by atoms with van der Waals surface area (Å²) in [5.41, 5.74) is 5.82. The fourth-order valence-corrected chi connectivity index (χ4v) is 4.05. The summed E-state index contributed by atoms with van der Waals surface area (Å²) in [7, 11) is 0. The molecule has 3 N–H and O–H groups in total. The summed E-state index contributed by atoms with van der Waals surface area (Å²) in [6.07, 6.45) is 22.8. The van der Waals surface area contributed by atoms with Gasteiger partial charge in [-0.3, -0.25) is 9.59 Å². The standard InChI is InChI=1S/C23H45NO3S/c1-28-20-21(24)22(25)18-16-14-12-10-8-6-4-2-3-5-7-9-11-13-15-17-19-23(26)27/h21H,2-20,24H2,1H3,(H,26,27). The number of unbranched alkanes of at least 4 members (excludes halogenated alkanes) is 15. The van der Waals surface area contributed by atoms with Crippen LogP contribution >= 0.6 is 11.8 Å². The Kier molecular flexibility index (Phi) is 20.8. The van der Waals surface area contributed by atoms with Crippen molar-refractivity contribution >= 4 is 23.5 Å². The molecule has 0 aromatic heterocycles. The van der Waals surface area contributed by atoms with Crippen LogP contribution in [0.15, 0.2) is 0 Å². The van der Waals surface area contributed by atoms with Crippen LogP contribution in [0.2, 0.25) is 0 Å². The maximum Gasteiger partial charge on any atom is 0.303 e. The molecule has 0 aliphatic heterocycles. The number of carbonyl (C=O) groups excluding carboxylic acids is 1. The van der Waals surface area contributed by atoms with Crippen LogP contribution in [0.5, 0.6) is 0 Å². The molecule has 0 rings (SSSR count). The van der Waals surface area contributed by atoms with Gasteiger partial charge in [0.05, 0.1) is 6.04 Å². The molecule has 1 atom stereocenters. The van der Waals surface area contributed by atoms with Gasteiger partial charge in [0.25, 0.3) is 0 Å². The molecule has 0 radical (unpaired) electrons. The van der Waals surface area contributed by atoms with E-state index in [4.69, 9.17) is 10.8 Å². The van der Waals surface area contributed by atoms with Crippen LogP contribution in [0.4, 0.5) is 0 Å². The maximum atomic E-state index is 11.8. The van der Waals surface area contributed by atoms with Gasteiger partial charge in [0.15, 0.2) is 0 Å². The number of rotatable bonds is 22. The van der Waals surface area contributed by atoms with Crippen molar-refractivity contribution in [2.45, 2.75) is 122 Å². The Bertz CT molecular complexity index is 377. The van der Waals surface area contributed by atoms with Crippen LogP contribution in [0.25, 0.3) is 0 Å². The predicted molar refractivity (Wildman–Crippen MR) is 122 cm³/mol. The maximum absolute atomic E-state index is 11.8. The number of nitrogens with two attached hydrogens (primary N) is 1. The SMILES string of the molecule is CSCC(N)C(=O)CCCCCCCCCCCCCCCCCCC(=O)O. The quantitative estimate of drug-likeness (QED) is 0.201. The Labute approximate surface area is 177 Å². The van der Waals surface area contributed by atoms with Gasteiger partial charge >= 0.3 is 5.97 Å². The number of ketones is 1. The molecule has 166 valence electrons. The lowest BCUT2D eigenvalue weighted by Crippen LogP contribution is -2.32. The average Bonchev–Trinajstić information content (AvgIpc) is 2.66. The normalized spacial score (nSPS) is 12.2. The summed E-state index contributed by atoms with van der Waals surface area (Å²) in [5, 5.41) is 8.57. The minimum absolute atomic E-state index is 0.229. The number of carboxylic acids is 1. The second-order valence-electron chi connectivity index (χ2n) is 8.08. The Morgan fingerprint density at radius 3 is 1.32 bits per heavy atom. The topological polar surface area (TPSA) is 80.4 Å². The number of hydrogen-bond acceptors (Lipinski definition) is 4. The van der Waals surface area contributed by atoms with Crippen molar-refractivity contribution in [2.24, 2.45) is 5.73 Å². The molecule has 5 heteroatoms. The molecule has 0 spiro atoms. The van der Waals surface area contributed by atoms with Crippen molar-refractivity contribution in [1.82, 2.24) is 0 Å². The van der Waals surface area contributed by atoms with Crippen LogP contribution in [0.3, 0.4) is 0 Å². The highest BCUT2D eigenvalue weighted by molar-refractivity contribution is 7.98. The molecule has 0 heterocycles. The lowest BCUT2D eigenvalue weighted by Gasteiger charge is -2.08. The van der Waals surface area contributed by atoms with Gasteiger partial charge in [0, 0.05) is 18.6 Å². The van der Waals surface area contributed by atoms with Crippen LogP contribution in [0.1, 0.15) is 116 Å². The van der Waals surface area contributed by atoms with E-state index in [0.29, 0.717) is 12.8 Å². The van der Waals surface area contributed by atoms with Crippen LogP contribution in [0, 0.1) is 0 Å². The van der Waals surface area contributed by atoms with Crippen molar-refractivity contribution in [3.8, 4) is 0 Å². The summed E-state index contributed by atoms with van der Waals surface area (Å²) in [6, 6.07) is -0.265. The van der Waals surface area contributed by atoms with Gasteiger partial charge in [-0.1, -0.05) is 89.9 Å². The van der Waals surface area contributed by atoms with Gasteiger partial charge in [-0.25, -0.2) is 0 Å². The van der Waals surface area contributed by atoms with Gasteiger partial charge in [0.1, 0.15) is 5.78 Å². The summed E-state index contributed by atoms with van der Waals surface area (Å²) in [5.74, 6) is 0.305. The largest absolute Gasteiger partial charge is 0.481 e. The van der Waals surface area contributed by atoms with Crippen molar-refractivity contribution in [3.63, 3.8) is 0 Å². The fourth-order valence-electron chi connectivity index (χ4n) is 3.51. The zero-order valence-electron chi connectivity index (χ0n) is 18.3. The molecule has 0 aromatic rings. The molecule has 0 saturated heterocycles. The second-order valence-corrected chi connectivity index (χ2v) is 8.99. The highest BCUT2D eigenvalue weighted by atomic mass is 32.2. The number of Topliss-reactive ketones (excluding diaryl/α,β-unsaturated/α-hetero) is 1. The summed E-state index contributed by atoms with van der Waals surface area (Å²) in [4.78, 5) is 22.2. The summed E-state index contributed by atoms with van der Waals surface area (Å²) in [6.45, 7) is 0. The number of hydrogen-bond donors (Lipinski definition) is 2. The predicted octanol–water partition coefficient (Wildman–Crippen LogP) is 6.35. The monoisotopic (exact) mass is 415 g/mol.